The van der Waals surface area contributed by atoms with Crippen molar-refractivity contribution in [2.75, 3.05) is 13.1 Å². The lowest BCUT2D eigenvalue weighted by molar-refractivity contribution is 0.162. The first-order chi connectivity index (χ1) is 9.75. The van der Waals surface area contributed by atoms with E-state index in [-0.39, 0.29) is 0 Å². The fourth-order valence-electron chi connectivity index (χ4n) is 2.78. The van der Waals surface area contributed by atoms with Gasteiger partial charge in [-0.15, -0.1) is 0 Å². The molecule has 1 aliphatic heterocycles. The van der Waals surface area contributed by atoms with Gasteiger partial charge in [-0.2, -0.15) is 0 Å². The number of benzene rings is 1. The maximum atomic E-state index is 6.23. The van der Waals surface area contributed by atoms with Crippen LogP contribution in [-0.4, -0.2) is 24.2 Å². The second kappa shape index (κ2) is 5.63. The van der Waals surface area contributed by atoms with E-state index in [1.54, 1.807) is 0 Å². The van der Waals surface area contributed by atoms with Crippen LogP contribution in [-0.2, 0) is 0 Å². The number of aromatic nitrogens is 1. The number of fused-ring (bicyclic) bond motifs is 1. The highest BCUT2D eigenvalue weighted by atomic mass is 16.5. The van der Waals surface area contributed by atoms with Crippen molar-refractivity contribution in [1.82, 2.24) is 10.3 Å². The molecule has 1 N–H and O–H groups in total. The third-order valence-corrected chi connectivity index (χ3v) is 3.79. The minimum Gasteiger partial charge on any atom is -0.490 e. The van der Waals surface area contributed by atoms with Gasteiger partial charge in [-0.25, -0.2) is 0 Å². The van der Waals surface area contributed by atoms with Crippen molar-refractivity contribution in [1.29, 1.82) is 0 Å². The van der Waals surface area contributed by atoms with Gasteiger partial charge in [0.2, 0.25) is 0 Å². The van der Waals surface area contributed by atoms with Gasteiger partial charge in [0.25, 0.3) is 0 Å². The maximum absolute atomic E-state index is 6.23. The van der Waals surface area contributed by atoms with E-state index >= 15 is 0 Å². The second-order valence-corrected chi connectivity index (χ2v) is 5.38. The first kappa shape index (κ1) is 13.1. The summed E-state index contributed by atoms with van der Waals surface area (Å²) in [5, 5.41) is 5.66. The summed E-state index contributed by atoms with van der Waals surface area (Å²) in [6.07, 6.45) is 6.13. The summed E-state index contributed by atoms with van der Waals surface area (Å²) in [5.41, 5.74) is 2.15. The molecule has 1 aromatic carbocycles. The quantitative estimate of drug-likeness (QED) is 0.926. The predicted molar refractivity (Wildman–Crippen MR) is 83.0 cm³/mol. The van der Waals surface area contributed by atoms with E-state index < -0.39 is 0 Å². The van der Waals surface area contributed by atoms with Crippen molar-refractivity contribution in [3.63, 3.8) is 0 Å². The summed E-state index contributed by atoms with van der Waals surface area (Å²) >= 11 is 0. The summed E-state index contributed by atoms with van der Waals surface area (Å²) in [6, 6.07) is 6.16. The molecule has 2 aromatic rings. The Labute approximate surface area is 119 Å². The molecule has 0 unspecified atom stereocenters. The van der Waals surface area contributed by atoms with Gasteiger partial charge in [-0.05, 0) is 62.0 Å². The van der Waals surface area contributed by atoms with Gasteiger partial charge >= 0.3 is 0 Å². The number of nitrogens with zero attached hydrogens (tertiary/aromatic N) is 1. The summed E-state index contributed by atoms with van der Waals surface area (Å²) in [5.74, 6) is 0.947. The molecule has 1 fully saturated rings. The van der Waals surface area contributed by atoms with E-state index in [0.717, 1.165) is 48.2 Å². The Morgan fingerprint density at radius 3 is 2.85 bits per heavy atom. The van der Waals surface area contributed by atoms with Crippen molar-refractivity contribution in [2.45, 2.75) is 25.9 Å². The molecular weight excluding hydrogens is 248 g/mol. The molecule has 1 saturated heterocycles. The van der Waals surface area contributed by atoms with Crippen LogP contribution in [0.25, 0.3) is 16.3 Å². The molecule has 20 heavy (non-hydrogen) atoms. The maximum Gasteiger partial charge on any atom is 0.127 e. The molecule has 1 aliphatic rings. The minimum atomic E-state index is 0.300. The summed E-state index contributed by atoms with van der Waals surface area (Å²) in [7, 11) is 0. The molecule has 0 atom stereocenters. The second-order valence-electron chi connectivity index (χ2n) is 5.38. The highest BCUT2D eigenvalue weighted by Gasteiger charge is 2.17. The molecule has 0 radical (unpaired) electrons. The number of hydrogen-bond donors (Lipinski definition) is 1. The van der Waals surface area contributed by atoms with Crippen molar-refractivity contribution in [3.05, 3.63) is 42.7 Å². The number of piperidine rings is 1. The average Bonchev–Trinajstić information content (AvgIpc) is 2.47. The molecule has 0 bridgehead atoms. The van der Waals surface area contributed by atoms with E-state index in [4.69, 9.17) is 4.74 Å². The average molecular weight is 268 g/mol. The van der Waals surface area contributed by atoms with Gasteiger partial charge in [0.1, 0.15) is 11.9 Å². The highest BCUT2D eigenvalue weighted by molar-refractivity contribution is 5.95. The third-order valence-electron chi connectivity index (χ3n) is 3.79. The summed E-state index contributed by atoms with van der Waals surface area (Å²) in [6.45, 7) is 8.21. The largest absolute Gasteiger partial charge is 0.490 e. The highest BCUT2D eigenvalue weighted by Crippen LogP contribution is 2.33. The van der Waals surface area contributed by atoms with Crippen LogP contribution in [0.2, 0.25) is 0 Å². The van der Waals surface area contributed by atoms with E-state index in [0.29, 0.717) is 6.10 Å². The molecule has 2 heterocycles. The van der Waals surface area contributed by atoms with Crippen LogP contribution in [0.3, 0.4) is 0 Å². The number of ether oxygens (including phenoxy) is 1. The Morgan fingerprint density at radius 1 is 1.30 bits per heavy atom. The van der Waals surface area contributed by atoms with Gasteiger partial charge < -0.3 is 10.1 Å². The zero-order valence-corrected chi connectivity index (χ0v) is 11.9. The molecule has 0 amide bonds. The van der Waals surface area contributed by atoms with Crippen LogP contribution in [0.4, 0.5) is 0 Å². The van der Waals surface area contributed by atoms with Crippen LogP contribution in [0.5, 0.6) is 5.75 Å². The van der Waals surface area contributed by atoms with Crippen molar-refractivity contribution < 1.29 is 4.74 Å². The third kappa shape index (κ3) is 2.54. The molecule has 104 valence electrons. The Morgan fingerprint density at radius 2 is 2.10 bits per heavy atom. The van der Waals surface area contributed by atoms with E-state index in [2.05, 4.69) is 29.0 Å². The molecule has 0 saturated carbocycles. The smallest absolute Gasteiger partial charge is 0.127 e. The Kier molecular flexibility index (Phi) is 3.70. The molecule has 3 nitrogen and oxygen atoms in total. The van der Waals surface area contributed by atoms with Gasteiger partial charge in [0, 0.05) is 23.3 Å². The van der Waals surface area contributed by atoms with Crippen molar-refractivity contribution in [3.8, 4) is 5.75 Å². The van der Waals surface area contributed by atoms with Crippen LogP contribution in [0.15, 0.2) is 37.2 Å². The molecular formula is C17H20N2O. The van der Waals surface area contributed by atoms with Gasteiger partial charge in [-0.3, -0.25) is 4.98 Å². The number of pyridine rings is 1. The zero-order valence-electron chi connectivity index (χ0n) is 11.9. The lowest BCUT2D eigenvalue weighted by Gasteiger charge is -2.25. The van der Waals surface area contributed by atoms with E-state index in [1.807, 2.05) is 25.4 Å². The summed E-state index contributed by atoms with van der Waals surface area (Å²) < 4.78 is 6.23. The lowest BCUT2D eigenvalue weighted by Crippen LogP contribution is -2.34. The molecule has 0 aliphatic carbocycles. The monoisotopic (exact) mass is 268 g/mol. The van der Waals surface area contributed by atoms with Crippen molar-refractivity contribution >= 4 is 16.3 Å². The first-order valence-corrected chi connectivity index (χ1v) is 7.15. The molecule has 3 heteroatoms. The fraction of sp³-hybridized carbons (Fsp3) is 0.353. The SMILES string of the molecule is C=C(C)c1c(OC2CCNCC2)ccc2cnccc12. The standard InChI is InChI=1S/C17H20N2O/c1-12(2)17-15-7-10-19-11-13(15)3-4-16(17)20-14-5-8-18-9-6-14/h3-4,7,10-11,14,18H,1,5-6,8-9H2,2H3. The van der Waals surface area contributed by atoms with Crippen LogP contribution in [0, 0.1) is 0 Å². The number of hydrogen-bond acceptors (Lipinski definition) is 3. The van der Waals surface area contributed by atoms with Crippen molar-refractivity contribution in [2.24, 2.45) is 0 Å². The first-order valence-electron chi connectivity index (χ1n) is 7.15. The van der Waals surface area contributed by atoms with Gasteiger partial charge in [-0.1, -0.05) is 6.58 Å². The number of nitrogens with one attached hydrogen (secondary N) is 1. The normalized spacial score (nSPS) is 16.2. The van der Waals surface area contributed by atoms with Crippen LogP contribution in [0.1, 0.15) is 25.3 Å². The zero-order chi connectivity index (χ0) is 13.9. The van der Waals surface area contributed by atoms with Crippen LogP contribution < -0.4 is 10.1 Å². The molecule has 0 spiro atoms. The van der Waals surface area contributed by atoms with Gasteiger partial charge in [0.15, 0.2) is 0 Å². The number of allylic oxidation sites excluding steroid dienone is 1. The fourth-order valence-corrected chi connectivity index (χ4v) is 2.78. The summed E-state index contributed by atoms with van der Waals surface area (Å²) in [4.78, 5) is 4.18. The molecule has 1 aromatic heterocycles. The van der Waals surface area contributed by atoms with E-state index in [9.17, 15) is 0 Å². The Bertz CT molecular complexity index is 630. The minimum absolute atomic E-state index is 0.300. The number of rotatable bonds is 3. The van der Waals surface area contributed by atoms with Crippen LogP contribution >= 0.6 is 0 Å². The van der Waals surface area contributed by atoms with E-state index in [1.165, 1.54) is 5.39 Å². The predicted octanol–water partition coefficient (Wildman–Crippen LogP) is 3.40. The topological polar surface area (TPSA) is 34.1 Å². The molecule has 3 rings (SSSR count). The Balaban J connectivity index is 2.01. The van der Waals surface area contributed by atoms with Gasteiger partial charge in [0.05, 0.1) is 0 Å². The Hall–Kier alpha value is -1.87. The lowest BCUT2D eigenvalue weighted by atomic mass is 10.00.